The van der Waals surface area contributed by atoms with Gasteiger partial charge in [-0.25, -0.2) is 0 Å². The maximum atomic E-state index is 5.35. The molecule has 0 aliphatic carbocycles. The van der Waals surface area contributed by atoms with Gasteiger partial charge in [0, 0.05) is 33.4 Å². The summed E-state index contributed by atoms with van der Waals surface area (Å²) in [6, 6.07) is 10.2. The lowest BCUT2D eigenvalue weighted by molar-refractivity contribution is 0.147. The molecule has 3 aromatic rings. The molecule has 0 amide bonds. The van der Waals surface area contributed by atoms with Crippen molar-refractivity contribution in [2.24, 2.45) is 7.05 Å². The van der Waals surface area contributed by atoms with Crippen LogP contribution in [0.25, 0.3) is 11.0 Å². The first-order valence-corrected chi connectivity index (χ1v) is 8.57. The van der Waals surface area contributed by atoms with Gasteiger partial charge in [0.15, 0.2) is 5.65 Å². The number of benzene rings is 1. The van der Waals surface area contributed by atoms with Gasteiger partial charge in [-0.15, -0.1) is 0 Å². The summed E-state index contributed by atoms with van der Waals surface area (Å²) in [5, 5.41) is 11.9. The second-order valence-electron chi connectivity index (χ2n) is 5.72. The van der Waals surface area contributed by atoms with Crippen molar-refractivity contribution in [1.82, 2.24) is 19.7 Å². The van der Waals surface area contributed by atoms with E-state index in [1.807, 2.05) is 32.2 Å². The number of fused-ring (bicyclic) bond motifs is 1. The first kappa shape index (κ1) is 17.2. The predicted octanol–water partition coefficient (Wildman–Crippen LogP) is 2.81. The lowest BCUT2D eigenvalue weighted by atomic mass is 10.2. The smallest absolute Gasteiger partial charge is 0.226 e. The van der Waals surface area contributed by atoms with Crippen molar-refractivity contribution in [2.75, 3.05) is 30.4 Å². The van der Waals surface area contributed by atoms with E-state index in [1.165, 1.54) is 5.56 Å². The van der Waals surface area contributed by atoms with Crippen molar-refractivity contribution < 1.29 is 4.74 Å². The number of aryl methyl sites for hydroxylation is 1. The van der Waals surface area contributed by atoms with E-state index in [1.54, 1.807) is 10.9 Å². The molecule has 0 radical (unpaired) electrons. The Morgan fingerprint density at radius 2 is 1.96 bits per heavy atom. The van der Waals surface area contributed by atoms with Gasteiger partial charge in [-0.05, 0) is 18.9 Å². The number of anilines is 2. The van der Waals surface area contributed by atoms with Gasteiger partial charge in [0.1, 0.15) is 5.82 Å². The first-order valence-electron chi connectivity index (χ1n) is 8.57. The molecule has 0 spiro atoms. The summed E-state index contributed by atoms with van der Waals surface area (Å²) in [5.41, 5.74) is 2.00. The van der Waals surface area contributed by atoms with Gasteiger partial charge < -0.3 is 15.4 Å². The molecular weight excluding hydrogens is 316 g/mol. The Kier molecular flexibility index (Phi) is 5.79. The fraction of sp³-hybridized carbons (Fsp3) is 0.389. The Hall–Kier alpha value is -2.67. The molecule has 0 fully saturated rings. The van der Waals surface area contributed by atoms with Crippen LogP contribution in [0.5, 0.6) is 0 Å². The van der Waals surface area contributed by atoms with Gasteiger partial charge >= 0.3 is 0 Å². The lowest BCUT2D eigenvalue weighted by Crippen LogP contribution is -2.11. The number of aromatic nitrogens is 4. The van der Waals surface area contributed by atoms with Gasteiger partial charge in [-0.2, -0.15) is 15.1 Å². The Morgan fingerprint density at radius 1 is 1.12 bits per heavy atom. The summed E-state index contributed by atoms with van der Waals surface area (Å²) < 4.78 is 7.11. The summed E-state index contributed by atoms with van der Waals surface area (Å²) in [4.78, 5) is 9.19. The van der Waals surface area contributed by atoms with Crippen molar-refractivity contribution in [2.45, 2.75) is 19.9 Å². The third-order valence-corrected chi connectivity index (χ3v) is 3.85. The molecule has 0 saturated heterocycles. The second kappa shape index (κ2) is 8.43. The summed E-state index contributed by atoms with van der Waals surface area (Å²) in [6.07, 6.45) is 2.70. The zero-order valence-electron chi connectivity index (χ0n) is 14.7. The molecule has 0 bridgehead atoms. The highest BCUT2D eigenvalue weighted by Crippen LogP contribution is 2.22. The Labute approximate surface area is 147 Å². The van der Waals surface area contributed by atoms with Crippen molar-refractivity contribution in [3.8, 4) is 0 Å². The minimum atomic E-state index is 0.600. The number of ether oxygens (including phenoxy) is 1. The van der Waals surface area contributed by atoms with Crippen LogP contribution in [0.4, 0.5) is 11.8 Å². The van der Waals surface area contributed by atoms with Gasteiger partial charge in [-0.3, -0.25) is 4.68 Å². The van der Waals surface area contributed by atoms with Crippen molar-refractivity contribution in [3.63, 3.8) is 0 Å². The molecule has 0 atom stereocenters. The highest BCUT2D eigenvalue weighted by Gasteiger charge is 2.11. The second-order valence-corrected chi connectivity index (χ2v) is 5.72. The number of rotatable bonds is 9. The maximum absolute atomic E-state index is 5.35. The number of nitrogens with one attached hydrogen (secondary N) is 2. The molecular formula is C18H24N6O. The van der Waals surface area contributed by atoms with Gasteiger partial charge in [-0.1, -0.05) is 30.3 Å². The normalized spacial score (nSPS) is 11.0. The molecule has 0 unspecified atom stereocenters. The topological polar surface area (TPSA) is 76.9 Å². The van der Waals surface area contributed by atoms with Crippen LogP contribution in [0, 0.1) is 0 Å². The van der Waals surface area contributed by atoms with Crippen LogP contribution in [0.3, 0.4) is 0 Å². The van der Waals surface area contributed by atoms with E-state index < -0.39 is 0 Å². The molecule has 132 valence electrons. The molecule has 7 heteroatoms. The highest BCUT2D eigenvalue weighted by molar-refractivity contribution is 5.87. The van der Waals surface area contributed by atoms with Crippen molar-refractivity contribution >= 4 is 22.8 Å². The average molecular weight is 340 g/mol. The van der Waals surface area contributed by atoms with Crippen molar-refractivity contribution in [1.29, 1.82) is 0 Å². The van der Waals surface area contributed by atoms with E-state index in [-0.39, 0.29) is 0 Å². The molecule has 0 aliphatic heterocycles. The highest BCUT2D eigenvalue weighted by atomic mass is 16.5. The molecule has 2 N–H and O–H groups in total. The molecule has 2 aromatic heterocycles. The Balaban J connectivity index is 1.73. The molecule has 0 saturated carbocycles. The Bertz CT molecular complexity index is 802. The Morgan fingerprint density at radius 3 is 2.76 bits per heavy atom. The van der Waals surface area contributed by atoms with Crippen LogP contribution in [0.2, 0.25) is 0 Å². The fourth-order valence-corrected chi connectivity index (χ4v) is 2.54. The summed E-state index contributed by atoms with van der Waals surface area (Å²) >= 11 is 0. The van der Waals surface area contributed by atoms with Gasteiger partial charge in [0.05, 0.1) is 11.6 Å². The molecule has 25 heavy (non-hydrogen) atoms. The maximum Gasteiger partial charge on any atom is 0.226 e. The van der Waals surface area contributed by atoms with Crippen LogP contribution in [-0.2, 0) is 18.3 Å². The van der Waals surface area contributed by atoms with Crippen LogP contribution >= 0.6 is 0 Å². The first-order chi connectivity index (χ1) is 12.3. The SMILES string of the molecule is CCOCCCNc1nc(NCc2ccccc2)c2cnn(C)c2n1. The predicted molar refractivity (Wildman–Crippen MR) is 99.7 cm³/mol. The van der Waals surface area contributed by atoms with Gasteiger partial charge in [0.25, 0.3) is 0 Å². The summed E-state index contributed by atoms with van der Waals surface area (Å²) in [7, 11) is 1.88. The standard InChI is InChI=1S/C18H24N6O/c1-3-25-11-7-10-19-18-22-16(15-13-21-24(2)17(15)23-18)20-12-14-8-5-4-6-9-14/h4-6,8-9,13H,3,7,10-12H2,1-2H3,(H2,19,20,22,23). The van der Waals surface area contributed by atoms with Crippen LogP contribution in [0.1, 0.15) is 18.9 Å². The van der Waals surface area contributed by atoms with E-state index in [9.17, 15) is 0 Å². The summed E-state index contributed by atoms with van der Waals surface area (Å²) in [6.45, 7) is 4.94. The monoisotopic (exact) mass is 340 g/mol. The van der Waals surface area contributed by atoms with Gasteiger partial charge in [0.2, 0.25) is 5.95 Å². The van der Waals surface area contributed by atoms with E-state index in [0.717, 1.165) is 43.0 Å². The molecule has 1 aromatic carbocycles. The number of nitrogens with zero attached hydrogens (tertiary/aromatic N) is 4. The average Bonchev–Trinajstić information content (AvgIpc) is 3.02. The third-order valence-electron chi connectivity index (χ3n) is 3.85. The minimum Gasteiger partial charge on any atom is -0.382 e. The lowest BCUT2D eigenvalue weighted by Gasteiger charge is -2.10. The molecule has 7 nitrogen and oxygen atoms in total. The molecule has 3 rings (SSSR count). The quantitative estimate of drug-likeness (QED) is 0.583. The largest absolute Gasteiger partial charge is 0.382 e. The van der Waals surface area contributed by atoms with Crippen LogP contribution in [-0.4, -0.2) is 39.5 Å². The fourth-order valence-electron chi connectivity index (χ4n) is 2.54. The third kappa shape index (κ3) is 4.45. The minimum absolute atomic E-state index is 0.600. The zero-order chi connectivity index (χ0) is 17.5. The summed E-state index contributed by atoms with van der Waals surface area (Å²) in [5.74, 6) is 1.39. The van der Waals surface area contributed by atoms with E-state index >= 15 is 0 Å². The van der Waals surface area contributed by atoms with E-state index in [0.29, 0.717) is 12.5 Å². The molecule has 2 heterocycles. The van der Waals surface area contributed by atoms with Crippen molar-refractivity contribution in [3.05, 3.63) is 42.1 Å². The zero-order valence-corrected chi connectivity index (χ0v) is 14.7. The van der Waals surface area contributed by atoms with E-state index in [2.05, 4.69) is 37.8 Å². The number of hydrogen-bond acceptors (Lipinski definition) is 6. The van der Waals surface area contributed by atoms with Crippen LogP contribution in [0.15, 0.2) is 36.5 Å². The van der Waals surface area contributed by atoms with E-state index in [4.69, 9.17) is 4.74 Å². The number of hydrogen-bond donors (Lipinski definition) is 2. The molecule has 0 aliphatic rings. The van der Waals surface area contributed by atoms with Crippen LogP contribution < -0.4 is 10.6 Å².